The van der Waals surface area contributed by atoms with Gasteiger partial charge in [0.05, 0.1) is 18.3 Å². The van der Waals surface area contributed by atoms with Crippen LogP contribution in [-0.4, -0.2) is 32.5 Å². The highest BCUT2D eigenvalue weighted by molar-refractivity contribution is 4.98. The first-order valence-electron chi connectivity index (χ1n) is 4.84. The average molecular weight is 230 g/mol. The first kappa shape index (κ1) is 11.0. The number of aliphatic hydroxyl groups excluding tert-OH is 2. The van der Waals surface area contributed by atoms with Crippen molar-refractivity contribution in [3.8, 4) is 0 Å². The number of rotatable bonds is 2. The number of aromatic nitrogens is 2. The predicted molar refractivity (Wildman–Crippen MR) is 51.5 cm³/mol. The van der Waals surface area contributed by atoms with Crippen LogP contribution >= 0.6 is 0 Å². The van der Waals surface area contributed by atoms with E-state index in [9.17, 15) is 19.1 Å². The summed E-state index contributed by atoms with van der Waals surface area (Å²) in [6.45, 7) is -0.182. The molecule has 0 aliphatic heterocycles. The van der Waals surface area contributed by atoms with Gasteiger partial charge < -0.3 is 10.2 Å². The van der Waals surface area contributed by atoms with E-state index < -0.39 is 29.2 Å². The van der Waals surface area contributed by atoms with Crippen LogP contribution in [-0.2, 0) is 0 Å². The standard InChI is InChI=1S/C9H11FN2O4/c10-5-2-12(9(16)11-8(5)15)6-1-4(3-13)7(6)14/h2,4,6-7,13-14H,1,3H2,(H,11,15,16)/t4-,6-,7+/m1/s1. The maximum absolute atomic E-state index is 13.0. The second-order valence-electron chi connectivity index (χ2n) is 3.88. The molecule has 0 radical (unpaired) electrons. The molecule has 0 amide bonds. The van der Waals surface area contributed by atoms with Crippen LogP contribution in [0.5, 0.6) is 0 Å². The molecule has 0 bridgehead atoms. The van der Waals surface area contributed by atoms with Gasteiger partial charge in [-0.05, 0) is 6.42 Å². The third-order valence-electron chi connectivity index (χ3n) is 2.94. The smallest absolute Gasteiger partial charge is 0.328 e. The predicted octanol–water partition coefficient (Wildman–Crippen LogP) is -1.41. The second kappa shape index (κ2) is 3.84. The minimum Gasteiger partial charge on any atom is -0.396 e. The third-order valence-corrected chi connectivity index (χ3v) is 2.94. The molecule has 1 aliphatic rings. The molecule has 1 aliphatic carbocycles. The maximum atomic E-state index is 13.0. The van der Waals surface area contributed by atoms with E-state index in [2.05, 4.69) is 0 Å². The quantitative estimate of drug-likeness (QED) is 0.581. The van der Waals surface area contributed by atoms with Crippen molar-refractivity contribution >= 4 is 0 Å². The Morgan fingerprint density at radius 1 is 1.56 bits per heavy atom. The monoisotopic (exact) mass is 230 g/mol. The molecule has 1 fully saturated rings. The Hall–Kier alpha value is -1.47. The van der Waals surface area contributed by atoms with Crippen LogP contribution in [0.15, 0.2) is 15.8 Å². The Kier molecular flexibility index (Phi) is 2.64. The van der Waals surface area contributed by atoms with E-state index >= 15 is 0 Å². The number of nitrogens with zero attached hydrogens (tertiary/aromatic N) is 1. The Balaban J connectivity index is 2.33. The van der Waals surface area contributed by atoms with Gasteiger partial charge >= 0.3 is 5.69 Å². The average Bonchev–Trinajstić information content (AvgIpc) is 2.24. The SMILES string of the molecule is O=c1[nH]c(=O)n([C@@H]2C[C@H](CO)[C@@H]2O)cc1F. The van der Waals surface area contributed by atoms with Gasteiger partial charge in [-0.1, -0.05) is 0 Å². The summed E-state index contributed by atoms with van der Waals surface area (Å²) >= 11 is 0. The summed E-state index contributed by atoms with van der Waals surface area (Å²) in [6, 6.07) is -0.587. The van der Waals surface area contributed by atoms with Gasteiger partial charge in [-0.3, -0.25) is 14.3 Å². The van der Waals surface area contributed by atoms with E-state index in [0.717, 1.165) is 10.8 Å². The molecular weight excluding hydrogens is 219 g/mol. The van der Waals surface area contributed by atoms with Crippen molar-refractivity contribution in [2.24, 2.45) is 5.92 Å². The van der Waals surface area contributed by atoms with Crippen LogP contribution in [0.3, 0.4) is 0 Å². The van der Waals surface area contributed by atoms with Crippen LogP contribution < -0.4 is 11.2 Å². The molecule has 3 atom stereocenters. The highest BCUT2D eigenvalue weighted by Crippen LogP contribution is 2.36. The number of aromatic amines is 1. The maximum Gasteiger partial charge on any atom is 0.328 e. The van der Waals surface area contributed by atoms with Crippen LogP contribution in [0.25, 0.3) is 0 Å². The fourth-order valence-corrected chi connectivity index (χ4v) is 1.88. The highest BCUT2D eigenvalue weighted by atomic mass is 19.1. The molecule has 0 unspecified atom stereocenters. The molecule has 16 heavy (non-hydrogen) atoms. The lowest BCUT2D eigenvalue weighted by Gasteiger charge is -2.40. The number of aliphatic hydroxyl groups is 2. The van der Waals surface area contributed by atoms with Gasteiger partial charge in [0.2, 0.25) is 5.82 Å². The lowest BCUT2D eigenvalue weighted by molar-refractivity contribution is -0.0582. The van der Waals surface area contributed by atoms with Crippen LogP contribution in [0, 0.1) is 11.7 Å². The summed E-state index contributed by atoms with van der Waals surface area (Å²) in [4.78, 5) is 23.9. The van der Waals surface area contributed by atoms with Crippen molar-refractivity contribution in [2.75, 3.05) is 6.61 Å². The molecular formula is C9H11FN2O4. The summed E-state index contributed by atoms with van der Waals surface area (Å²) in [5.74, 6) is -1.37. The fourth-order valence-electron chi connectivity index (χ4n) is 1.88. The van der Waals surface area contributed by atoms with Crippen molar-refractivity contribution < 1.29 is 14.6 Å². The molecule has 0 saturated heterocycles. The largest absolute Gasteiger partial charge is 0.396 e. The first-order chi connectivity index (χ1) is 7.54. The van der Waals surface area contributed by atoms with E-state index in [1.807, 2.05) is 4.98 Å². The molecule has 1 aromatic rings. The van der Waals surface area contributed by atoms with Gasteiger partial charge in [0, 0.05) is 12.5 Å². The Bertz CT molecular complexity index is 509. The Labute approximate surface area is 89.0 Å². The number of halogens is 1. The van der Waals surface area contributed by atoms with Gasteiger partial charge in [0.25, 0.3) is 5.56 Å². The third kappa shape index (κ3) is 1.57. The van der Waals surface area contributed by atoms with Crippen molar-refractivity contribution in [2.45, 2.75) is 18.6 Å². The molecule has 88 valence electrons. The van der Waals surface area contributed by atoms with Gasteiger partial charge in [-0.25, -0.2) is 4.79 Å². The summed E-state index contributed by atoms with van der Waals surface area (Å²) in [7, 11) is 0. The Morgan fingerprint density at radius 3 is 2.81 bits per heavy atom. The Morgan fingerprint density at radius 2 is 2.25 bits per heavy atom. The summed E-state index contributed by atoms with van der Waals surface area (Å²) < 4.78 is 13.9. The summed E-state index contributed by atoms with van der Waals surface area (Å²) in [5, 5.41) is 18.4. The number of H-pyrrole nitrogens is 1. The van der Waals surface area contributed by atoms with Gasteiger partial charge in [0.1, 0.15) is 0 Å². The minimum atomic E-state index is -1.08. The molecule has 0 spiro atoms. The van der Waals surface area contributed by atoms with Crippen molar-refractivity contribution in [1.29, 1.82) is 0 Å². The highest BCUT2D eigenvalue weighted by Gasteiger charge is 2.41. The molecule has 1 heterocycles. The van der Waals surface area contributed by atoms with Crippen molar-refractivity contribution in [3.05, 3.63) is 32.9 Å². The summed E-state index contributed by atoms with van der Waals surface area (Å²) in [5.41, 5.74) is -1.83. The molecule has 1 aromatic heterocycles. The van der Waals surface area contributed by atoms with Crippen LogP contribution in [0.2, 0.25) is 0 Å². The van der Waals surface area contributed by atoms with Crippen LogP contribution in [0.1, 0.15) is 12.5 Å². The number of hydrogen-bond acceptors (Lipinski definition) is 4. The fraction of sp³-hybridized carbons (Fsp3) is 0.556. The topological polar surface area (TPSA) is 95.3 Å². The lowest BCUT2D eigenvalue weighted by atomic mass is 9.77. The summed E-state index contributed by atoms with van der Waals surface area (Å²) in [6.07, 6.45) is 0.263. The molecule has 6 nitrogen and oxygen atoms in total. The number of hydrogen-bond donors (Lipinski definition) is 3. The zero-order valence-corrected chi connectivity index (χ0v) is 8.26. The van der Waals surface area contributed by atoms with Crippen molar-refractivity contribution in [3.63, 3.8) is 0 Å². The zero-order valence-electron chi connectivity index (χ0n) is 8.26. The number of nitrogens with one attached hydrogen (secondary N) is 1. The first-order valence-corrected chi connectivity index (χ1v) is 4.84. The molecule has 3 N–H and O–H groups in total. The van der Waals surface area contributed by atoms with E-state index in [4.69, 9.17) is 5.11 Å². The van der Waals surface area contributed by atoms with Crippen LogP contribution in [0.4, 0.5) is 4.39 Å². The van der Waals surface area contributed by atoms with E-state index in [-0.39, 0.29) is 12.5 Å². The lowest BCUT2D eigenvalue weighted by Crippen LogP contribution is -2.49. The van der Waals surface area contributed by atoms with E-state index in [1.54, 1.807) is 0 Å². The second-order valence-corrected chi connectivity index (χ2v) is 3.88. The zero-order chi connectivity index (χ0) is 11.9. The van der Waals surface area contributed by atoms with Gasteiger partial charge in [0.15, 0.2) is 0 Å². The molecule has 1 saturated carbocycles. The molecule has 2 rings (SSSR count). The van der Waals surface area contributed by atoms with Gasteiger partial charge in [-0.2, -0.15) is 4.39 Å². The normalized spacial score (nSPS) is 28.8. The van der Waals surface area contributed by atoms with E-state index in [0.29, 0.717) is 6.42 Å². The van der Waals surface area contributed by atoms with Crippen molar-refractivity contribution in [1.82, 2.24) is 9.55 Å². The molecule has 7 heteroatoms. The molecule has 0 aromatic carbocycles. The minimum absolute atomic E-state index is 0.182. The van der Waals surface area contributed by atoms with E-state index in [1.165, 1.54) is 0 Å². The van der Waals surface area contributed by atoms with Gasteiger partial charge in [-0.15, -0.1) is 0 Å².